The van der Waals surface area contributed by atoms with Crippen molar-refractivity contribution in [1.82, 2.24) is 4.98 Å². The molecule has 1 aromatic carbocycles. The number of hydrogen-bond donors (Lipinski definition) is 1. The molecule has 0 saturated heterocycles. The van der Waals surface area contributed by atoms with E-state index in [1.165, 1.54) is 26.4 Å². The van der Waals surface area contributed by atoms with Gasteiger partial charge in [0.2, 0.25) is 11.6 Å². The predicted molar refractivity (Wildman–Crippen MR) is 75.8 cm³/mol. The molecule has 0 fully saturated rings. The predicted octanol–water partition coefficient (Wildman–Crippen LogP) is 3.24. The van der Waals surface area contributed by atoms with Gasteiger partial charge in [0, 0.05) is 6.07 Å². The Morgan fingerprint density at radius 2 is 1.76 bits per heavy atom. The van der Waals surface area contributed by atoms with Crippen LogP contribution in [0.1, 0.15) is 10.5 Å². The Kier molecular flexibility index (Phi) is 4.49. The van der Waals surface area contributed by atoms with Crippen molar-refractivity contribution in [3.63, 3.8) is 0 Å². The largest absolute Gasteiger partial charge is 0.493 e. The number of nitrogens with zero attached hydrogens (tertiary/aromatic N) is 1. The number of carboxylic acid groups (broad SMARTS) is 1. The van der Waals surface area contributed by atoms with Crippen molar-refractivity contribution < 1.29 is 24.1 Å². The van der Waals surface area contributed by atoms with Crippen LogP contribution in [0.2, 0.25) is 5.02 Å². The van der Waals surface area contributed by atoms with Crippen molar-refractivity contribution in [1.29, 1.82) is 0 Å². The lowest BCUT2D eigenvalue weighted by atomic mass is 10.3. The lowest BCUT2D eigenvalue weighted by Crippen LogP contribution is -2.03. The molecule has 0 bridgehead atoms. The molecule has 6 nitrogen and oxygen atoms in total. The zero-order valence-corrected chi connectivity index (χ0v) is 12.0. The molecule has 0 saturated carbocycles. The van der Waals surface area contributed by atoms with E-state index in [9.17, 15) is 4.79 Å². The third-order valence-corrected chi connectivity index (χ3v) is 2.92. The molecule has 1 aromatic heterocycles. The highest BCUT2D eigenvalue weighted by Crippen LogP contribution is 2.39. The van der Waals surface area contributed by atoms with E-state index in [0.29, 0.717) is 17.2 Å². The smallest absolute Gasteiger partial charge is 0.356 e. The van der Waals surface area contributed by atoms with E-state index in [1.54, 1.807) is 18.2 Å². The van der Waals surface area contributed by atoms with Crippen molar-refractivity contribution in [3.05, 3.63) is 41.0 Å². The summed E-state index contributed by atoms with van der Waals surface area (Å²) in [6, 6.07) is 7.97. The van der Waals surface area contributed by atoms with Crippen molar-refractivity contribution in [3.8, 4) is 23.1 Å². The molecule has 21 heavy (non-hydrogen) atoms. The maximum atomic E-state index is 11.0. The minimum absolute atomic E-state index is 0.0295. The van der Waals surface area contributed by atoms with Gasteiger partial charge in [-0.05, 0) is 18.2 Å². The minimum atomic E-state index is -1.24. The molecule has 0 atom stereocenters. The second-order valence-corrected chi connectivity index (χ2v) is 4.29. The highest BCUT2D eigenvalue weighted by atomic mass is 35.5. The van der Waals surface area contributed by atoms with Crippen molar-refractivity contribution in [2.75, 3.05) is 14.2 Å². The summed E-state index contributed by atoms with van der Waals surface area (Å²) in [5.41, 5.74) is -0.289. The number of halogens is 1. The number of benzene rings is 1. The molecule has 1 heterocycles. The van der Waals surface area contributed by atoms with Crippen molar-refractivity contribution >= 4 is 17.6 Å². The van der Waals surface area contributed by atoms with Crippen LogP contribution in [0.3, 0.4) is 0 Å². The average Bonchev–Trinajstić information content (AvgIpc) is 2.49. The van der Waals surface area contributed by atoms with Crippen LogP contribution in [-0.4, -0.2) is 30.3 Å². The van der Waals surface area contributed by atoms with E-state index in [4.69, 9.17) is 30.9 Å². The number of para-hydroxylation sites is 1. The van der Waals surface area contributed by atoms with Gasteiger partial charge in [0.25, 0.3) is 0 Å². The molecule has 7 heteroatoms. The first-order chi connectivity index (χ1) is 10.1. The molecule has 0 aliphatic rings. The summed E-state index contributed by atoms with van der Waals surface area (Å²) in [7, 11) is 2.97. The first kappa shape index (κ1) is 14.9. The van der Waals surface area contributed by atoms with Crippen molar-refractivity contribution in [2.24, 2.45) is 0 Å². The van der Waals surface area contributed by atoms with Gasteiger partial charge in [-0.25, -0.2) is 9.78 Å². The number of pyridine rings is 1. The lowest BCUT2D eigenvalue weighted by molar-refractivity contribution is 0.0690. The van der Waals surface area contributed by atoms with Crippen LogP contribution in [0.4, 0.5) is 0 Å². The van der Waals surface area contributed by atoms with Gasteiger partial charge in [-0.3, -0.25) is 0 Å². The van der Waals surface area contributed by atoms with E-state index in [2.05, 4.69) is 4.98 Å². The normalized spacial score (nSPS) is 10.0. The Morgan fingerprint density at radius 3 is 2.29 bits per heavy atom. The maximum absolute atomic E-state index is 11.0. The highest BCUT2D eigenvalue weighted by Gasteiger charge is 2.16. The number of rotatable bonds is 5. The van der Waals surface area contributed by atoms with Gasteiger partial charge in [0.05, 0.1) is 19.2 Å². The molecule has 0 unspecified atom stereocenters. The molecule has 2 aromatic rings. The average molecular weight is 310 g/mol. The molecular weight excluding hydrogens is 298 g/mol. The first-order valence-electron chi connectivity index (χ1n) is 5.85. The Labute approximate surface area is 125 Å². The SMILES string of the molecule is COc1cccc(OC)c1Oc1ccc(Cl)c(C(=O)O)n1. The fourth-order valence-electron chi connectivity index (χ4n) is 1.65. The minimum Gasteiger partial charge on any atom is -0.493 e. The molecule has 1 N–H and O–H groups in total. The maximum Gasteiger partial charge on any atom is 0.356 e. The molecule has 110 valence electrons. The van der Waals surface area contributed by atoms with Crippen molar-refractivity contribution in [2.45, 2.75) is 0 Å². The summed E-state index contributed by atoms with van der Waals surface area (Å²) in [5, 5.41) is 9.04. The van der Waals surface area contributed by atoms with Crippen LogP contribution in [-0.2, 0) is 0 Å². The Hall–Kier alpha value is -2.47. The van der Waals surface area contributed by atoms with E-state index in [0.717, 1.165) is 0 Å². The van der Waals surface area contributed by atoms with Gasteiger partial charge < -0.3 is 19.3 Å². The van der Waals surface area contributed by atoms with Crippen LogP contribution >= 0.6 is 11.6 Å². The highest BCUT2D eigenvalue weighted by molar-refractivity contribution is 6.33. The number of aromatic nitrogens is 1. The summed E-state index contributed by atoms with van der Waals surface area (Å²) < 4.78 is 16.0. The van der Waals surface area contributed by atoms with Gasteiger partial charge >= 0.3 is 5.97 Å². The summed E-state index contributed by atoms with van der Waals surface area (Å²) in [5.74, 6) is -0.00310. The molecular formula is C14H12ClNO5. The molecule has 2 rings (SSSR count). The van der Waals surface area contributed by atoms with Crippen LogP contribution in [0.15, 0.2) is 30.3 Å². The second-order valence-electron chi connectivity index (χ2n) is 3.88. The standard InChI is InChI=1S/C14H12ClNO5/c1-19-9-4-3-5-10(20-2)13(9)21-11-7-6-8(15)12(16-11)14(17)18/h3-7H,1-2H3,(H,17,18). The molecule has 0 radical (unpaired) electrons. The zero-order valence-electron chi connectivity index (χ0n) is 11.3. The lowest BCUT2D eigenvalue weighted by Gasteiger charge is -2.13. The monoisotopic (exact) mass is 309 g/mol. The van der Waals surface area contributed by atoms with Gasteiger partial charge in [-0.1, -0.05) is 17.7 Å². The number of carboxylic acids is 1. The van der Waals surface area contributed by atoms with E-state index < -0.39 is 5.97 Å². The fraction of sp³-hybridized carbons (Fsp3) is 0.143. The number of ether oxygens (including phenoxy) is 3. The number of aromatic carboxylic acids is 1. The fourth-order valence-corrected chi connectivity index (χ4v) is 1.84. The second kappa shape index (κ2) is 6.32. The molecule has 0 aliphatic heterocycles. The van der Waals surface area contributed by atoms with E-state index in [1.807, 2.05) is 0 Å². The summed E-state index contributed by atoms with van der Waals surface area (Å²) >= 11 is 5.76. The molecule has 0 aliphatic carbocycles. The van der Waals surface area contributed by atoms with Crippen LogP contribution in [0, 0.1) is 0 Å². The van der Waals surface area contributed by atoms with Gasteiger partial charge in [0.1, 0.15) is 0 Å². The Balaban J connectivity index is 2.43. The number of carbonyl (C=O) groups is 1. The number of hydrogen-bond acceptors (Lipinski definition) is 5. The van der Waals surface area contributed by atoms with Crippen LogP contribution < -0.4 is 14.2 Å². The van der Waals surface area contributed by atoms with Gasteiger partial charge in [0.15, 0.2) is 17.2 Å². The summed E-state index contributed by atoms with van der Waals surface area (Å²) in [6.07, 6.45) is 0. The Bertz CT molecular complexity index is 652. The molecule has 0 amide bonds. The summed E-state index contributed by atoms with van der Waals surface area (Å²) in [4.78, 5) is 14.9. The summed E-state index contributed by atoms with van der Waals surface area (Å²) in [6.45, 7) is 0. The van der Waals surface area contributed by atoms with Gasteiger partial charge in [-0.2, -0.15) is 0 Å². The van der Waals surface area contributed by atoms with E-state index >= 15 is 0 Å². The first-order valence-corrected chi connectivity index (χ1v) is 6.23. The third-order valence-electron chi connectivity index (χ3n) is 2.61. The zero-order chi connectivity index (χ0) is 15.4. The molecule has 0 spiro atoms. The Morgan fingerprint density at radius 1 is 1.14 bits per heavy atom. The van der Waals surface area contributed by atoms with Crippen LogP contribution in [0.25, 0.3) is 0 Å². The van der Waals surface area contributed by atoms with Gasteiger partial charge in [-0.15, -0.1) is 0 Å². The van der Waals surface area contributed by atoms with E-state index in [-0.39, 0.29) is 16.6 Å². The third kappa shape index (κ3) is 3.17. The number of methoxy groups -OCH3 is 2. The van der Waals surface area contributed by atoms with Crippen LogP contribution in [0.5, 0.6) is 23.1 Å². The quantitative estimate of drug-likeness (QED) is 0.913. The topological polar surface area (TPSA) is 77.9 Å².